The molecule has 0 fully saturated rings. The van der Waals surface area contributed by atoms with Crippen molar-refractivity contribution in [3.63, 3.8) is 0 Å². The van der Waals surface area contributed by atoms with Crippen LogP contribution in [0.5, 0.6) is 0 Å². The fraction of sp³-hybridized carbons (Fsp3) is 0.389. The number of benzene rings is 1. The molecule has 0 aliphatic carbocycles. The molecule has 4 nitrogen and oxygen atoms in total. The first-order valence-electron chi connectivity index (χ1n) is 7.80. The lowest BCUT2D eigenvalue weighted by atomic mass is 10.2. The summed E-state index contributed by atoms with van der Waals surface area (Å²) < 4.78 is 18.4. The maximum Gasteiger partial charge on any atom is 0.237 e. The van der Waals surface area contributed by atoms with E-state index >= 15 is 0 Å². The molecule has 1 aromatic carbocycles. The van der Waals surface area contributed by atoms with Gasteiger partial charge in [-0.15, -0.1) is 0 Å². The van der Waals surface area contributed by atoms with Crippen LogP contribution in [0.2, 0.25) is 0 Å². The van der Waals surface area contributed by atoms with E-state index in [2.05, 4.69) is 19.2 Å². The molecule has 1 amide bonds. The van der Waals surface area contributed by atoms with Crippen molar-refractivity contribution < 1.29 is 13.6 Å². The average molecular weight is 318 g/mol. The predicted molar refractivity (Wildman–Crippen MR) is 87.1 cm³/mol. The number of rotatable bonds is 8. The monoisotopic (exact) mass is 318 g/mol. The fourth-order valence-electron chi connectivity index (χ4n) is 2.21. The molecule has 1 heterocycles. The Morgan fingerprint density at radius 1 is 1.22 bits per heavy atom. The van der Waals surface area contributed by atoms with Crippen LogP contribution in [0.4, 0.5) is 4.39 Å². The highest BCUT2D eigenvalue weighted by molar-refractivity contribution is 5.78. The zero-order valence-corrected chi connectivity index (χ0v) is 13.6. The second kappa shape index (κ2) is 8.48. The van der Waals surface area contributed by atoms with Gasteiger partial charge in [0, 0.05) is 6.54 Å². The first-order chi connectivity index (χ1) is 11.0. The van der Waals surface area contributed by atoms with Gasteiger partial charge >= 0.3 is 0 Å². The third kappa shape index (κ3) is 5.87. The Kier molecular flexibility index (Phi) is 6.35. The minimum absolute atomic E-state index is 0.00799. The molecule has 0 aliphatic heterocycles. The maximum atomic E-state index is 13.0. The van der Waals surface area contributed by atoms with E-state index in [9.17, 15) is 9.18 Å². The fourth-order valence-corrected chi connectivity index (χ4v) is 2.21. The molecule has 1 aromatic heterocycles. The second-order valence-corrected chi connectivity index (χ2v) is 5.98. The number of nitrogens with zero attached hydrogens (tertiary/aromatic N) is 1. The van der Waals surface area contributed by atoms with Gasteiger partial charge in [0.1, 0.15) is 11.6 Å². The molecule has 0 saturated carbocycles. The summed E-state index contributed by atoms with van der Waals surface area (Å²) in [5, 5.41) is 3.16. The average Bonchev–Trinajstić information content (AvgIpc) is 3.01. The number of carbonyl (C=O) groups is 1. The van der Waals surface area contributed by atoms with Crippen molar-refractivity contribution >= 4 is 5.91 Å². The van der Waals surface area contributed by atoms with Crippen LogP contribution >= 0.6 is 0 Å². The number of carbonyl (C=O) groups excluding carboxylic acids is 1. The molecule has 124 valence electrons. The number of nitrogens with one attached hydrogen (secondary N) is 1. The quantitative estimate of drug-likeness (QED) is 0.813. The van der Waals surface area contributed by atoms with Crippen LogP contribution in [-0.4, -0.2) is 23.9 Å². The van der Waals surface area contributed by atoms with E-state index < -0.39 is 0 Å². The molecule has 0 aliphatic rings. The van der Waals surface area contributed by atoms with E-state index in [-0.39, 0.29) is 18.3 Å². The topological polar surface area (TPSA) is 45.5 Å². The van der Waals surface area contributed by atoms with E-state index in [0.717, 1.165) is 17.9 Å². The largest absolute Gasteiger partial charge is 0.467 e. The van der Waals surface area contributed by atoms with Crippen LogP contribution in [-0.2, 0) is 17.9 Å². The van der Waals surface area contributed by atoms with Gasteiger partial charge in [0.2, 0.25) is 5.91 Å². The van der Waals surface area contributed by atoms with Crippen LogP contribution in [0.15, 0.2) is 47.1 Å². The minimum Gasteiger partial charge on any atom is -0.467 e. The Hall–Kier alpha value is -2.14. The van der Waals surface area contributed by atoms with Crippen LogP contribution in [0.25, 0.3) is 0 Å². The van der Waals surface area contributed by atoms with Crippen molar-refractivity contribution in [2.75, 3.05) is 13.1 Å². The number of hydrogen-bond donors (Lipinski definition) is 1. The van der Waals surface area contributed by atoms with E-state index in [4.69, 9.17) is 4.42 Å². The molecule has 23 heavy (non-hydrogen) atoms. The predicted octanol–water partition coefficient (Wildman–Crippen LogP) is 3.19. The first kappa shape index (κ1) is 17.2. The van der Waals surface area contributed by atoms with Gasteiger partial charge in [-0.3, -0.25) is 4.79 Å². The normalized spacial score (nSPS) is 11.0. The molecule has 2 rings (SSSR count). The number of hydrogen-bond acceptors (Lipinski definition) is 3. The molecule has 0 bridgehead atoms. The van der Waals surface area contributed by atoms with Gasteiger partial charge in [0.25, 0.3) is 0 Å². The summed E-state index contributed by atoms with van der Waals surface area (Å²) in [6.45, 7) is 6.07. The SMILES string of the molecule is CC(C)CNCC(=O)N(Cc1ccc(F)cc1)Cc1ccco1. The molecule has 5 heteroatoms. The summed E-state index contributed by atoms with van der Waals surface area (Å²) in [7, 11) is 0. The lowest BCUT2D eigenvalue weighted by Crippen LogP contribution is -2.38. The molecule has 0 unspecified atom stereocenters. The summed E-state index contributed by atoms with van der Waals surface area (Å²) in [5.41, 5.74) is 0.884. The third-order valence-corrected chi connectivity index (χ3v) is 3.40. The van der Waals surface area contributed by atoms with Crippen molar-refractivity contribution in [3.8, 4) is 0 Å². The summed E-state index contributed by atoms with van der Waals surface area (Å²) in [6.07, 6.45) is 1.59. The summed E-state index contributed by atoms with van der Waals surface area (Å²) in [4.78, 5) is 14.2. The standard InChI is InChI=1S/C18H23FN2O2/c1-14(2)10-20-11-18(22)21(13-17-4-3-9-23-17)12-15-5-7-16(19)8-6-15/h3-9,14,20H,10-13H2,1-2H3. The highest BCUT2D eigenvalue weighted by atomic mass is 19.1. The highest BCUT2D eigenvalue weighted by Crippen LogP contribution is 2.11. The van der Waals surface area contributed by atoms with Crippen molar-refractivity contribution in [2.24, 2.45) is 5.92 Å². The zero-order valence-electron chi connectivity index (χ0n) is 13.6. The molecule has 1 N–H and O–H groups in total. The van der Waals surface area contributed by atoms with Crippen molar-refractivity contribution in [1.82, 2.24) is 10.2 Å². The van der Waals surface area contributed by atoms with Gasteiger partial charge in [-0.1, -0.05) is 26.0 Å². The molecular formula is C18H23FN2O2. The van der Waals surface area contributed by atoms with Gasteiger partial charge < -0.3 is 14.6 Å². The lowest BCUT2D eigenvalue weighted by Gasteiger charge is -2.22. The first-order valence-corrected chi connectivity index (χ1v) is 7.80. The summed E-state index contributed by atoms with van der Waals surface area (Å²) in [6, 6.07) is 9.84. The van der Waals surface area contributed by atoms with Crippen LogP contribution < -0.4 is 5.32 Å². The van der Waals surface area contributed by atoms with Gasteiger partial charge in [-0.2, -0.15) is 0 Å². The van der Waals surface area contributed by atoms with Crippen molar-refractivity contribution in [3.05, 3.63) is 59.8 Å². The number of amides is 1. The molecule has 2 aromatic rings. The smallest absolute Gasteiger partial charge is 0.237 e. The Bertz CT molecular complexity index is 594. The molecule has 0 atom stereocenters. The van der Waals surface area contributed by atoms with Gasteiger partial charge in [-0.05, 0) is 42.3 Å². The Balaban J connectivity index is 2.01. The minimum atomic E-state index is -0.281. The van der Waals surface area contributed by atoms with Gasteiger partial charge in [0.05, 0.1) is 19.4 Å². The van der Waals surface area contributed by atoms with Crippen LogP contribution in [0.1, 0.15) is 25.2 Å². The van der Waals surface area contributed by atoms with Gasteiger partial charge in [-0.25, -0.2) is 4.39 Å². The van der Waals surface area contributed by atoms with Gasteiger partial charge in [0.15, 0.2) is 0 Å². The summed E-state index contributed by atoms with van der Waals surface area (Å²) >= 11 is 0. The van der Waals surface area contributed by atoms with Crippen molar-refractivity contribution in [2.45, 2.75) is 26.9 Å². The van der Waals surface area contributed by atoms with Crippen LogP contribution in [0.3, 0.4) is 0 Å². The Morgan fingerprint density at radius 3 is 2.57 bits per heavy atom. The van der Waals surface area contributed by atoms with Crippen LogP contribution in [0, 0.1) is 11.7 Å². The van der Waals surface area contributed by atoms with Crippen molar-refractivity contribution in [1.29, 1.82) is 0 Å². The number of furan rings is 1. The molecule has 0 saturated heterocycles. The maximum absolute atomic E-state index is 13.0. The molecule has 0 spiro atoms. The Morgan fingerprint density at radius 2 is 1.96 bits per heavy atom. The second-order valence-electron chi connectivity index (χ2n) is 5.98. The Labute approximate surface area is 136 Å². The van der Waals surface area contributed by atoms with E-state index in [0.29, 0.717) is 19.0 Å². The highest BCUT2D eigenvalue weighted by Gasteiger charge is 2.16. The lowest BCUT2D eigenvalue weighted by molar-refractivity contribution is -0.131. The third-order valence-electron chi connectivity index (χ3n) is 3.40. The number of halogens is 1. The van der Waals surface area contributed by atoms with E-state index in [1.54, 1.807) is 29.4 Å². The molecule has 0 radical (unpaired) electrons. The zero-order chi connectivity index (χ0) is 16.7. The van der Waals surface area contributed by atoms with E-state index in [1.165, 1.54) is 12.1 Å². The van der Waals surface area contributed by atoms with E-state index in [1.807, 2.05) is 6.07 Å². The summed E-state index contributed by atoms with van der Waals surface area (Å²) in [5.74, 6) is 0.922. The molecular weight excluding hydrogens is 295 g/mol.